The molecule has 2 aromatic carbocycles. The number of amides is 1. The minimum Gasteiger partial charge on any atom is -0.355 e. The first-order valence-electron chi connectivity index (χ1n) is 8.77. The van der Waals surface area contributed by atoms with Crippen LogP contribution in [-0.2, 0) is 4.79 Å². The second-order valence-electron chi connectivity index (χ2n) is 6.04. The predicted octanol–water partition coefficient (Wildman–Crippen LogP) is 3.20. The molecule has 0 saturated heterocycles. The fraction of sp³-hybridized carbons (Fsp3) is 0.190. The number of hydrogen-bond donors (Lipinski definition) is 2. The zero-order valence-electron chi connectivity index (χ0n) is 14.8. The van der Waals surface area contributed by atoms with Crippen molar-refractivity contribution in [3.8, 4) is 0 Å². The third kappa shape index (κ3) is 5.82. The average Bonchev–Trinajstić information content (AvgIpc) is 2.71. The van der Waals surface area contributed by atoms with E-state index in [1.165, 1.54) is 35.2 Å². The minimum atomic E-state index is -0.221. The van der Waals surface area contributed by atoms with E-state index < -0.39 is 0 Å². The van der Waals surface area contributed by atoms with Crippen LogP contribution >= 0.6 is 11.8 Å². The summed E-state index contributed by atoms with van der Waals surface area (Å²) in [5, 5.41) is 3.41. The van der Waals surface area contributed by atoms with Gasteiger partial charge in [0.1, 0.15) is 0 Å². The maximum absolute atomic E-state index is 12.1. The Bertz CT molecular complexity index is 874. The maximum atomic E-state index is 12.1. The molecular formula is C21H21N3O2S. The average molecular weight is 379 g/mol. The largest absolute Gasteiger partial charge is 0.355 e. The predicted molar refractivity (Wildman–Crippen MR) is 108 cm³/mol. The lowest BCUT2D eigenvalue weighted by molar-refractivity contribution is -0.118. The van der Waals surface area contributed by atoms with Gasteiger partial charge >= 0.3 is 0 Å². The molecule has 0 fully saturated rings. The molecular weight excluding hydrogens is 358 g/mol. The van der Waals surface area contributed by atoms with Gasteiger partial charge in [0.15, 0.2) is 5.16 Å². The van der Waals surface area contributed by atoms with Crippen LogP contribution in [0.15, 0.2) is 82.9 Å². The van der Waals surface area contributed by atoms with E-state index in [1.54, 1.807) is 0 Å². The fourth-order valence-corrected chi connectivity index (χ4v) is 3.54. The molecule has 0 radical (unpaired) electrons. The summed E-state index contributed by atoms with van der Waals surface area (Å²) in [5.41, 5.74) is 2.25. The Morgan fingerprint density at radius 1 is 1.00 bits per heavy atom. The van der Waals surface area contributed by atoms with Gasteiger partial charge in [0.2, 0.25) is 5.91 Å². The highest BCUT2D eigenvalue weighted by atomic mass is 32.2. The van der Waals surface area contributed by atoms with Crippen molar-refractivity contribution in [2.24, 2.45) is 0 Å². The summed E-state index contributed by atoms with van der Waals surface area (Å²) in [6.45, 7) is 0.576. The number of aromatic amines is 1. The number of nitrogens with zero attached hydrogens (tertiary/aromatic N) is 1. The van der Waals surface area contributed by atoms with Crippen LogP contribution in [0, 0.1) is 0 Å². The van der Waals surface area contributed by atoms with E-state index in [1.807, 2.05) is 36.4 Å². The molecule has 1 amide bonds. The summed E-state index contributed by atoms with van der Waals surface area (Å²) in [7, 11) is 0. The molecule has 138 valence electrons. The standard InChI is InChI=1S/C21H21N3O2S/c25-19-12-14-23-21(24-19)27-15-20(26)22-13-11-18(16-7-3-1-4-8-16)17-9-5-2-6-10-17/h1-10,12,14,18H,11,13,15H2,(H,22,26)(H,23,24,25). The first kappa shape index (κ1) is 18.9. The van der Waals surface area contributed by atoms with Crippen molar-refractivity contribution in [2.45, 2.75) is 17.5 Å². The molecule has 3 rings (SSSR count). The number of aromatic nitrogens is 2. The van der Waals surface area contributed by atoms with Crippen LogP contribution in [0.25, 0.3) is 0 Å². The van der Waals surface area contributed by atoms with Crippen LogP contribution in [0.5, 0.6) is 0 Å². The SMILES string of the molecule is O=C(CSc1nccc(=O)[nH]1)NCCC(c1ccccc1)c1ccccc1. The fourth-order valence-electron chi connectivity index (χ4n) is 2.86. The maximum Gasteiger partial charge on any atom is 0.251 e. The number of H-pyrrole nitrogens is 1. The number of rotatable bonds is 8. The number of carbonyl (C=O) groups is 1. The third-order valence-electron chi connectivity index (χ3n) is 4.15. The second-order valence-corrected chi connectivity index (χ2v) is 7.00. The lowest BCUT2D eigenvalue weighted by Gasteiger charge is -2.18. The molecule has 6 heteroatoms. The van der Waals surface area contributed by atoms with Crippen molar-refractivity contribution in [3.63, 3.8) is 0 Å². The van der Waals surface area contributed by atoms with Gasteiger partial charge in [-0.1, -0.05) is 72.4 Å². The van der Waals surface area contributed by atoms with Crippen molar-refractivity contribution < 1.29 is 4.79 Å². The lowest BCUT2D eigenvalue weighted by Crippen LogP contribution is -2.27. The molecule has 0 aliphatic carbocycles. The van der Waals surface area contributed by atoms with Crippen molar-refractivity contribution >= 4 is 17.7 Å². The number of carbonyl (C=O) groups excluding carboxylic acids is 1. The van der Waals surface area contributed by atoms with Crippen molar-refractivity contribution in [1.82, 2.24) is 15.3 Å². The minimum absolute atomic E-state index is 0.0774. The molecule has 27 heavy (non-hydrogen) atoms. The quantitative estimate of drug-likeness (QED) is 0.466. The Balaban J connectivity index is 1.54. The summed E-state index contributed by atoms with van der Waals surface area (Å²) in [6, 6.07) is 22.0. The van der Waals surface area contributed by atoms with E-state index >= 15 is 0 Å². The van der Waals surface area contributed by atoms with E-state index in [-0.39, 0.29) is 23.1 Å². The third-order valence-corrected chi connectivity index (χ3v) is 5.03. The van der Waals surface area contributed by atoms with Crippen LogP contribution in [0.2, 0.25) is 0 Å². The van der Waals surface area contributed by atoms with Crippen molar-refractivity contribution in [2.75, 3.05) is 12.3 Å². The van der Waals surface area contributed by atoms with Gasteiger partial charge in [-0.05, 0) is 17.5 Å². The second kappa shape index (κ2) is 9.73. The Hall–Kier alpha value is -2.86. The van der Waals surface area contributed by atoms with Crippen molar-refractivity contribution in [3.05, 3.63) is 94.4 Å². The van der Waals surface area contributed by atoms with Gasteiger partial charge in [-0.25, -0.2) is 4.98 Å². The van der Waals surface area contributed by atoms with Crippen LogP contribution in [0.3, 0.4) is 0 Å². The van der Waals surface area contributed by atoms with E-state index in [4.69, 9.17) is 0 Å². The van der Waals surface area contributed by atoms with Gasteiger partial charge in [0.05, 0.1) is 5.75 Å². The molecule has 5 nitrogen and oxygen atoms in total. The van der Waals surface area contributed by atoms with Crippen molar-refractivity contribution in [1.29, 1.82) is 0 Å². The topological polar surface area (TPSA) is 74.8 Å². The summed E-state index contributed by atoms with van der Waals surface area (Å²) in [6.07, 6.45) is 2.24. The molecule has 0 atom stereocenters. The number of thioether (sulfide) groups is 1. The molecule has 0 spiro atoms. The normalized spacial score (nSPS) is 10.7. The molecule has 0 aliphatic rings. The summed E-state index contributed by atoms with van der Waals surface area (Å²) < 4.78 is 0. The van der Waals surface area contributed by atoms with E-state index in [0.29, 0.717) is 11.7 Å². The van der Waals surface area contributed by atoms with E-state index in [9.17, 15) is 9.59 Å². The van der Waals surface area contributed by atoms with Crippen LogP contribution < -0.4 is 10.9 Å². The van der Waals surface area contributed by atoms with Crippen LogP contribution in [-0.4, -0.2) is 28.2 Å². The molecule has 0 saturated carbocycles. The molecule has 0 unspecified atom stereocenters. The van der Waals surface area contributed by atoms with E-state index in [2.05, 4.69) is 39.6 Å². The smallest absolute Gasteiger partial charge is 0.251 e. The summed E-state index contributed by atoms with van der Waals surface area (Å²) >= 11 is 1.22. The van der Waals surface area contributed by atoms with E-state index in [0.717, 1.165) is 6.42 Å². The van der Waals surface area contributed by atoms with Crippen LogP contribution in [0.4, 0.5) is 0 Å². The Labute approximate surface area is 162 Å². The first-order chi connectivity index (χ1) is 13.2. The van der Waals surface area contributed by atoms with Gasteiger partial charge in [-0.3, -0.25) is 9.59 Å². The summed E-state index contributed by atoms with van der Waals surface area (Å²) in [4.78, 5) is 30.0. The molecule has 0 aliphatic heterocycles. The monoisotopic (exact) mass is 379 g/mol. The Morgan fingerprint density at radius 3 is 2.22 bits per heavy atom. The Kier molecular flexibility index (Phi) is 6.82. The van der Waals surface area contributed by atoms with Gasteiger partial charge in [-0.15, -0.1) is 0 Å². The number of benzene rings is 2. The highest BCUT2D eigenvalue weighted by Gasteiger charge is 2.14. The number of hydrogen-bond acceptors (Lipinski definition) is 4. The molecule has 0 bridgehead atoms. The zero-order valence-corrected chi connectivity index (χ0v) is 15.6. The van der Waals surface area contributed by atoms with Gasteiger partial charge in [0, 0.05) is 24.7 Å². The van der Waals surface area contributed by atoms with Gasteiger partial charge in [0.25, 0.3) is 5.56 Å². The lowest BCUT2D eigenvalue weighted by atomic mass is 9.88. The Morgan fingerprint density at radius 2 is 1.63 bits per heavy atom. The highest BCUT2D eigenvalue weighted by Crippen LogP contribution is 2.27. The van der Waals surface area contributed by atoms with Crippen LogP contribution in [0.1, 0.15) is 23.5 Å². The summed E-state index contributed by atoms with van der Waals surface area (Å²) in [5.74, 6) is 0.368. The molecule has 1 aromatic heterocycles. The molecule has 1 heterocycles. The molecule has 2 N–H and O–H groups in total. The number of nitrogens with one attached hydrogen (secondary N) is 2. The van der Waals surface area contributed by atoms with Gasteiger partial charge in [-0.2, -0.15) is 0 Å². The first-order valence-corrected chi connectivity index (χ1v) is 9.75. The molecule has 3 aromatic rings. The van der Waals surface area contributed by atoms with Gasteiger partial charge < -0.3 is 10.3 Å². The highest BCUT2D eigenvalue weighted by molar-refractivity contribution is 7.99. The zero-order chi connectivity index (χ0) is 18.9.